The van der Waals surface area contributed by atoms with Crippen molar-refractivity contribution in [2.45, 2.75) is 32.2 Å². The summed E-state index contributed by atoms with van der Waals surface area (Å²) in [6.07, 6.45) is 2.59. The van der Waals surface area contributed by atoms with Gasteiger partial charge >= 0.3 is 6.03 Å². The van der Waals surface area contributed by atoms with Crippen molar-refractivity contribution in [3.63, 3.8) is 0 Å². The summed E-state index contributed by atoms with van der Waals surface area (Å²) in [7, 11) is 0. The van der Waals surface area contributed by atoms with Crippen LogP contribution in [0.2, 0.25) is 0 Å². The molecule has 0 aliphatic carbocycles. The lowest BCUT2D eigenvalue weighted by Gasteiger charge is -2.23. The minimum atomic E-state index is -0.650. The van der Waals surface area contributed by atoms with Gasteiger partial charge in [-0.2, -0.15) is 5.10 Å². The summed E-state index contributed by atoms with van der Waals surface area (Å²) in [4.78, 5) is 43.0. The fourth-order valence-corrected chi connectivity index (χ4v) is 4.81. The number of anilines is 1. The van der Waals surface area contributed by atoms with Gasteiger partial charge < -0.3 is 9.80 Å². The van der Waals surface area contributed by atoms with Crippen molar-refractivity contribution < 1.29 is 14.0 Å². The van der Waals surface area contributed by atoms with Crippen molar-refractivity contribution in [1.82, 2.24) is 20.0 Å². The van der Waals surface area contributed by atoms with Crippen LogP contribution in [-0.2, 0) is 11.2 Å². The normalized spacial score (nSPS) is 18.5. The quantitative estimate of drug-likeness (QED) is 0.525. The van der Waals surface area contributed by atoms with Crippen molar-refractivity contribution in [3.05, 3.63) is 69.9 Å². The molecule has 1 N–H and O–H groups in total. The number of aromatic amines is 1. The van der Waals surface area contributed by atoms with E-state index in [1.165, 1.54) is 17.0 Å². The van der Waals surface area contributed by atoms with E-state index in [4.69, 9.17) is 0 Å². The number of benzene rings is 2. The number of imide groups is 1. The first-order chi connectivity index (χ1) is 16.4. The second-order valence-corrected chi connectivity index (χ2v) is 8.88. The molecule has 1 unspecified atom stereocenters. The number of hydrogen-bond donors (Lipinski definition) is 1. The number of aromatic nitrogens is 2. The maximum atomic E-state index is 14.9. The molecule has 0 spiro atoms. The number of nitrogens with zero attached hydrogens (tertiary/aromatic N) is 4. The minimum Gasteiger partial charge on any atom is -0.311 e. The van der Waals surface area contributed by atoms with E-state index >= 15 is 0 Å². The molecule has 0 saturated carbocycles. The summed E-state index contributed by atoms with van der Waals surface area (Å²) in [5.41, 5.74) is 0.949. The van der Waals surface area contributed by atoms with Crippen LogP contribution in [0, 0.1) is 5.82 Å². The number of amides is 3. The number of rotatable bonds is 6. The Bertz CT molecular complexity index is 1320. The molecule has 1 atom stereocenters. The second kappa shape index (κ2) is 10.1. The van der Waals surface area contributed by atoms with E-state index in [9.17, 15) is 18.8 Å². The predicted octanol–water partition coefficient (Wildman–Crippen LogP) is 3.33. The Labute approximate surface area is 208 Å². The average molecular weight is 500 g/mol. The SMILES string of the molecule is CC1C(=O)N(c2cc(Cc3n[nH]c(=O)c4ccccc34)ccc2F)C(=O)N1CCN1CCCC1.Cl. The van der Waals surface area contributed by atoms with Crippen LogP contribution in [0.3, 0.4) is 0 Å². The molecule has 0 radical (unpaired) electrons. The van der Waals surface area contributed by atoms with Gasteiger partial charge in [0.25, 0.3) is 11.5 Å². The number of fused-ring (bicyclic) bond motifs is 1. The van der Waals surface area contributed by atoms with Crippen LogP contribution in [-0.4, -0.2) is 64.2 Å². The zero-order valence-electron chi connectivity index (χ0n) is 19.4. The van der Waals surface area contributed by atoms with Crippen LogP contribution in [0.15, 0.2) is 47.3 Å². The molecule has 3 amide bonds. The molecule has 2 aromatic carbocycles. The van der Waals surface area contributed by atoms with Crippen LogP contribution in [0.5, 0.6) is 0 Å². The van der Waals surface area contributed by atoms with E-state index in [0.717, 1.165) is 30.8 Å². The molecule has 5 rings (SSSR count). The molecule has 3 aromatic rings. The zero-order chi connectivity index (χ0) is 23.8. The topological polar surface area (TPSA) is 89.6 Å². The van der Waals surface area contributed by atoms with Gasteiger partial charge in [0.2, 0.25) is 0 Å². The minimum absolute atomic E-state index is 0. The first-order valence-corrected chi connectivity index (χ1v) is 11.6. The van der Waals surface area contributed by atoms with Crippen LogP contribution in [0.25, 0.3) is 10.8 Å². The van der Waals surface area contributed by atoms with Crippen LogP contribution in [0.4, 0.5) is 14.9 Å². The van der Waals surface area contributed by atoms with Gasteiger partial charge in [-0.25, -0.2) is 19.2 Å². The first kappa shape index (κ1) is 24.8. The van der Waals surface area contributed by atoms with Gasteiger partial charge in [-0.15, -0.1) is 12.4 Å². The largest absolute Gasteiger partial charge is 0.332 e. The van der Waals surface area contributed by atoms with Crippen molar-refractivity contribution in [2.24, 2.45) is 0 Å². The van der Waals surface area contributed by atoms with Crippen LogP contribution >= 0.6 is 12.4 Å². The third kappa shape index (κ3) is 4.66. The molecule has 0 bridgehead atoms. The lowest BCUT2D eigenvalue weighted by molar-refractivity contribution is -0.119. The van der Waals surface area contributed by atoms with Crippen molar-refractivity contribution in [3.8, 4) is 0 Å². The van der Waals surface area contributed by atoms with Gasteiger partial charge in [0.05, 0.1) is 16.8 Å². The van der Waals surface area contributed by atoms with Crippen LogP contribution < -0.4 is 10.5 Å². The smallest absolute Gasteiger partial charge is 0.311 e. The molecule has 2 aliphatic rings. The van der Waals surface area contributed by atoms with Crippen molar-refractivity contribution >= 4 is 40.8 Å². The highest BCUT2D eigenvalue weighted by Crippen LogP contribution is 2.29. The predicted molar refractivity (Wildman–Crippen MR) is 134 cm³/mol. The monoisotopic (exact) mass is 499 g/mol. The van der Waals surface area contributed by atoms with Gasteiger partial charge in [0, 0.05) is 24.9 Å². The highest BCUT2D eigenvalue weighted by molar-refractivity contribution is 6.21. The Kier molecular flexibility index (Phi) is 7.18. The van der Waals surface area contributed by atoms with E-state index in [-0.39, 0.29) is 23.7 Å². The van der Waals surface area contributed by atoms with Crippen molar-refractivity contribution in [2.75, 3.05) is 31.1 Å². The molecule has 2 aliphatic heterocycles. The number of carbonyl (C=O) groups is 2. The van der Waals surface area contributed by atoms with Crippen molar-refractivity contribution in [1.29, 1.82) is 0 Å². The summed E-state index contributed by atoms with van der Waals surface area (Å²) in [6, 6.07) is 10.4. The summed E-state index contributed by atoms with van der Waals surface area (Å²) < 4.78 is 14.9. The lowest BCUT2D eigenvalue weighted by atomic mass is 10.0. The highest BCUT2D eigenvalue weighted by Gasteiger charge is 2.44. The lowest BCUT2D eigenvalue weighted by Crippen LogP contribution is -2.39. The molecule has 35 heavy (non-hydrogen) atoms. The van der Waals surface area contributed by atoms with E-state index in [2.05, 4.69) is 15.1 Å². The zero-order valence-corrected chi connectivity index (χ0v) is 20.2. The van der Waals surface area contributed by atoms with Gasteiger partial charge in [-0.1, -0.05) is 24.3 Å². The maximum absolute atomic E-state index is 14.9. The number of halogens is 2. The Balaban J connectivity index is 0.00000289. The highest BCUT2D eigenvalue weighted by atomic mass is 35.5. The molecule has 8 nitrogen and oxygen atoms in total. The molecular formula is C25H27ClFN5O3. The summed E-state index contributed by atoms with van der Waals surface area (Å²) >= 11 is 0. The van der Waals surface area contributed by atoms with E-state index in [1.54, 1.807) is 25.1 Å². The first-order valence-electron chi connectivity index (χ1n) is 11.6. The number of hydrogen-bond acceptors (Lipinski definition) is 5. The molecule has 2 saturated heterocycles. The summed E-state index contributed by atoms with van der Waals surface area (Å²) in [6.45, 7) is 4.81. The Morgan fingerprint density at radius 2 is 1.74 bits per heavy atom. The van der Waals surface area contributed by atoms with Gasteiger partial charge in [-0.3, -0.25) is 9.59 Å². The Morgan fingerprint density at radius 1 is 1.03 bits per heavy atom. The third-order valence-electron chi connectivity index (χ3n) is 6.74. The molecule has 3 heterocycles. The number of nitrogens with one attached hydrogen (secondary N) is 1. The fraction of sp³-hybridized carbons (Fsp3) is 0.360. The molecular weight excluding hydrogens is 473 g/mol. The standard InChI is InChI=1S/C25H26FN5O3.ClH/c1-16-24(33)31(25(34)30(16)13-12-29-10-4-5-11-29)22-15-17(8-9-20(22)26)14-21-18-6-2-3-7-19(18)23(32)28-27-21;/h2-3,6-9,15-16H,4-5,10-14H2,1H3,(H,28,32);1H. The maximum Gasteiger partial charge on any atom is 0.332 e. The molecule has 10 heteroatoms. The fourth-order valence-electron chi connectivity index (χ4n) is 4.81. The number of urea groups is 1. The number of carbonyl (C=O) groups excluding carboxylic acids is 2. The van der Waals surface area contributed by atoms with Crippen LogP contribution in [0.1, 0.15) is 31.0 Å². The summed E-state index contributed by atoms with van der Waals surface area (Å²) in [5, 5.41) is 7.89. The number of likely N-dealkylation sites (tertiary alicyclic amines) is 1. The molecule has 1 aromatic heterocycles. The van der Waals surface area contributed by atoms with Gasteiger partial charge in [-0.05, 0) is 56.6 Å². The van der Waals surface area contributed by atoms with E-state index in [0.29, 0.717) is 41.5 Å². The summed E-state index contributed by atoms with van der Waals surface area (Å²) in [5.74, 6) is -1.08. The van der Waals surface area contributed by atoms with E-state index in [1.807, 2.05) is 12.1 Å². The number of H-pyrrole nitrogens is 1. The Hall–Kier alpha value is -3.30. The van der Waals surface area contributed by atoms with E-state index < -0.39 is 23.8 Å². The third-order valence-corrected chi connectivity index (χ3v) is 6.74. The Morgan fingerprint density at radius 3 is 2.49 bits per heavy atom. The molecule has 184 valence electrons. The van der Waals surface area contributed by atoms with Gasteiger partial charge in [0.1, 0.15) is 11.9 Å². The second-order valence-electron chi connectivity index (χ2n) is 8.88. The molecule has 2 fully saturated rings. The average Bonchev–Trinajstić information content (AvgIpc) is 3.43. The van der Waals surface area contributed by atoms with Gasteiger partial charge in [0.15, 0.2) is 0 Å².